The first-order valence-electron chi connectivity index (χ1n) is 13.6. The van der Waals surface area contributed by atoms with E-state index in [9.17, 15) is 19.7 Å². The summed E-state index contributed by atoms with van der Waals surface area (Å²) in [5, 5.41) is 12.2. The molecule has 220 valence electrons. The summed E-state index contributed by atoms with van der Waals surface area (Å²) in [6.07, 6.45) is 1.57. The van der Waals surface area contributed by atoms with E-state index < -0.39 is 16.9 Å². The summed E-state index contributed by atoms with van der Waals surface area (Å²) in [7, 11) is 0. The lowest BCUT2D eigenvalue weighted by molar-refractivity contribution is -0.384. The Balaban J connectivity index is 1.55. The first kappa shape index (κ1) is 29.0. The third-order valence-electron chi connectivity index (χ3n) is 7.07. The smallest absolute Gasteiger partial charge is 0.338 e. The van der Waals surface area contributed by atoms with Crippen LogP contribution in [0.1, 0.15) is 35.4 Å². The topological polar surface area (TPSA) is 117 Å². The van der Waals surface area contributed by atoms with Crippen LogP contribution < -0.4 is 14.9 Å². The number of carbonyl (C=O) groups excluding carboxylic acids is 1. The number of esters is 1. The van der Waals surface area contributed by atoms with Crippen LogP contribution in [0.3, 0.4) is 0 Å². The number of aromatic nitrogens is 1. The Morgan fingerprint density at radius 1 is 1.11 bits per heavy atom. The molecule has 6 rings (SSSR count). The highest BCUT2D eigenvalue weighted by Crippen LogP contribution is 2.36. The Labute approximate surface area is 259 Å². The van der Waals surface area contributed by atoms with Crippen LogP contribution >= 0.6 is 22.9 Å². The van der Waals surface area contributed by atoms with Crippen molar-refractivity contribution in [1.82, 2.24) is 4.57 Å². The number of aryl methyl sites for hydroxylation is 1. The van der Waals surface area contributed by atoms with E-state index in [1.807, 2.05) is 30.3 Å². The highest BCUT2D eigenvalue weighted by molar-refractivity contribution is 7.07. The molecule has 0 spiro atoms. The van der Waals surface area contributed by atoms with Crippen LogP contribution in [0.25, 0.3) is 23.1 Å². The SMILES string of the molecule is CCOC(=O)C1=C(c2ccccc2)N=c2s/c(=C\c3ccc(-c4ccc(C)cc4[N+](=O)[O-])o3)c(=O)n2C1c1ccc(Cl)cc1. The predicted molar refractivity (Wildman–Crippen MR) is 168 cm³/mol. The average molecular weight is 626 g/mol. The molecule has 1 unspecified atom stereocenters. The minimum atomic E-state index is -0.845. The molecule has 0 saturated carbocycles. The minimum absolute atomic E-state index is 0.0758. The highest BCUT2D eigenvalue weighted by atomic mass is 35.5. The maximum Gasteiger partial charge on any atom is 0.338 e. The van der Waals surface area contributed by atoms with Gasteiger partial charge in [-0.1, -0.05) is 71.5 Å². The minimum Gasteiger partial charge on any atom is -0.463 e. The van der Waals surface area contributed by atoms with Crippen LogP contribution in [0.5, 0.6) is 0 Å². The molecule has 44 heavy (non-hydrogen) atoms. The van der Waals surface area contributed by atoms with Crippen LogP contribution in [0, 0.1) is 17.0 Å². The molecule has 3 aromatic carbocycles. The van der Waals surface area contributed by atoms with Gasteiger partial charge in [0.25, 0.3) is 11.2 Å². The first-order chi connectivity index (χ1) is 21.2. The van der Waals surface area contributed by atoms with Crippen molar-refractivity contribution in [3.8, 4) is 11.3 Å². The Kier molecular flexibility index (Phi) is 7.86. The fraction of sp³-hybridized carbons (Fsp3) is 0.121. The number of nitro groups is 1. The van der Waals surface area contributed by atoms with E-state index in [-0.39, 0.29) is 23.4 Å². The van der Waals surface area contributed by atoms with Gasteiger partial charge in [-0.3, -0.25) is 19.5 Å². The fourth-order valence-electron chi connectivity index (χ4n) is 5.11. The molecule has 1 atom stereocenters. The number of thiazole rings is 1. The summed E-state index contributed by atoms with van der Waals surface area (Å²) in [4.78, 5) is 44.0. The number of ether oxygens (including phenoxy) is 1. The van der Waals surface area contributed by atoms with E-state index >= 15 is 0 Å². The average Bonchev–Trinajstić information content (AvgIpc) is 3.61. The number of benzene rings is 3. The number of hydrogen-bond acceptors (Lipinski definition) is 8. The number of nitro benzene ring substituents is 1. The van der Waals surface area contributed by atoms with Gasteiger partial charge in [-0.25, -0.2) is 9.79 Å². The van der Waals surface area contributed by atoms with Crippen molar-refractivity contribution in [2.45, 2.75) is 19.9 Å². The zero-order valence-corrected chi connectivity index (χ0v) is 25.1. The second-order valence-electron chi connectivity index (χ2n) is 9.96. The lowest BCUT2D eigenvalue weighted by atomic mass is 9.93. The summed E-state index contributed by atoms with van der Waals surface area (Å²) in [5.74, 6) is 0.0431. The molecule has 1 aliphatic heterocycles. The number of furan rings is 1. The second kappa shape index (κ2) is 11.9. The molecule has 0 N–H and O–H groups in total. The monoisotopic (exact) mass is 625 g/mol. The normalized spacial score (nSPS) is 14.7. The molecule has 9 nitrogen and oxygen atoms in total. The molecule has 0 radical (unpaired) electrons. The number of nitrogens with zero attached hydrogens (tertiary/aromatic N) is 3. The Hall–Kier alpha value is -5.06. The molecule has 0 amide bonds. The van der Waals surface area contributed by atoms with Crippen molar-refractivity contribution in [1.29, 1.82) is 0 Å². The summed E-state index contributed by atoms with van der Waals surface area (Å²) in [5.41, 5.74) is 2.60. The Bertz CT molecular complexity index is 2130. The van der Waals surface area contributed by atoms with Crippen LogP contribution in [-0.4, -0.2) is 22.1 Å². The zero-order valence-electron chi connectivity index (χ0n) is 23.5. The molecular formula is C33H24ClN3O6S. The predicted octanol–water partition coefficient (Wildman–Crippen LogP) is 6.07. The van der Waals surface area contributed by atoms with Crippen molar-refractivity contribution in [3.63, 3.8) is 0 Å². The van der Waals surface area contributed by atoms with Gasteiger partial charge in [0.2, 0.25) is 0 Å². The number of carbonyl (C=O) groups is 1. The third kappa shape index (κ3) is 5.41. The standard InChI is InChI=1S/C33H24ClN3O6S/c1-3-42-32(39)28-29(20-7-5-4-6-8-20)35-33-36(30(28)21-10-12-22(34)13-11-21)31(38)27(44-33)18-23-14-16-26(43-23)24-15-9-19(2)17-25(24)37(40)41/h4-18,30H,3H2,1-2H3/b27-18-. The van der Waals surface area contributed by atoms with Crippen LogP contribution in [0.4, 0.5) is 5.69 Å². The van der Waals surface area contributed by atoms with Gasteiger partial charge in [0.05, 0.1) is 38.9 Å². The van der Waals surface area contributed by atoms with Gasteiger partial charge in [0.1, 0.15) is 11.5 Å². The van der Waals surface area contributed by atoms with Gasteiger partial charge >= 0.3 is 5.97 Å². The molecular weight excluding hydrogens is 602 g/mol. The van der Waals surface area contributed by atoms with Gasteiger partial charge in [0.15, 0.2) is 4.80 Å². The second-order valence-corrected chi connectivity index (χ2v) is 11.4. The van der Waals surface area contributed by atoms with Crippen molar-refractivity contribution in [3.05, 3.63) is 148 Å². The van der Waals surface area contributed by atoms with Gasteiger partial charge < -0.3 is 9.15 Å². The number of rotatable bonds is 7. The third-order valence-corrected chi connectivity index (χ3v) is 8.31. The molecule has 3 heterocycles. The Morgan fingerprint density at radius 3 is 2.57 bits per heavy atom. The lowest BCUT2D eigenvalue weighted by Crippen LogP contribution is -2.39. The lowest BCUT2D eigenvalue weighted by Gasteiger charge is -2.25. The quantitative estimate of drug-likeness (QED) is 0.123. The molecule has 0 bridgehead atoms. The van der Waals surface area contributed by atoms with Crippen LogP contribution in [-0.2, 0) is 9.53 Å². The molecule has 5 aromatic rings. The first-order valence-corrected chi connectivity index (χ1v) is 14.8. The number of fused-ring (bicyclic) bond motifs is 1. The maximum atomic E-state index is 14.0. The molecule has 2 aromatic heterocycles. The number of hydrogen-bond donors (Lipinski definition) is 0. The van der Waals surface area contributed by atoms with Gasteiger partial charge in [-0.15, -0.1) is 0 Å². The van der Waals surface area contributed by atoms with Crippen molar-refractivity contribution in [2.24, 2.45) is 4.99 Å². The van der Waals surface area contributed by atoms with Gasteiger partial charge in [-0.2, -0.15) is 0 Å². The largest absolute Gasteiger partial charge is 0.463 e. The van der Waals surface area contributed by atoms with Gasteiger partial charge in [-0.05, 0) is 55.3 Å². The van der Waals surface area contributed by atoms with E-state index in [0.717, 1.165) is 16.9 Å². The van der Waals surface area contributed by atoms with Crippen molar-refractivity contribution in [2.75, 3.05) is 6.61 Å². The Morgan fingerprint density at radius 2 is 1.86 bits per heavy atom. The molecule has 0 fully saturated rings. The summed E-state index contributed by atoms with van der Waals surface area (Å²) >= 11 is 7.34. The van der Waals surface area contributed by atoms with E-state index in [4.69, 9.17) is 25.7 Å². The van der Waals surface area contributed by atoms with E-state index in [2.05, 4.69) is 0 Å². The number of halogens is 1. The molecule has 11 heteroatoms. The van der Waals surface area contributed by atoms with E-state index in [0.29, 0.717) is 48.3 Å². The molecule has 0 aliphatic carbocycles. The van der Waals surface area contributed by atoms with Gasteiger partial charge in [0, 0.05) is 22.7 Å². The van der Waals surface area contributed by atoms with E-state index in [1.54, 1.807) is 68.5 Å². The van der Waals surface area contributed by atoms with Crippen molar-refractivity contribution < 1.29 is 18.9 Å². The zero-order chi connectivity index (χ0) is 31.0. The summed E-state index contributed by atoms with van der Waals surface area (Å²) in [6, 6.07) is 23.5. The molecule has 1 aliphatic rings. The maximum absolute atomic E-state index is 14.0. The fourth-order valence-corrected chi connectivity index (χ4v) is 6.21. The highest BCUT2D eigenvalue weighted by Gasteiger charge is 2.35. The van der Waals surface area contributed by atoms with E-state index in [1.165, 1.54) is 10.6 Å². The van der Waals surface area contributed by atoms with Crippen LogP contribution in [0.2, 0.25) is 5.02 Å². The van der Waals surface area contributed by atoms with Crippen LogP contribution in [0.15, 0.2) is 105 Å². The summed E-state index contributed by atoms with van der Waals surface area (Å²) < 4.78 is 13.2. The molecule has 0 saturated heterocycles. The van der Waals surface area contributed by atoms with Crippen molar-refractivity contribution >= 4 is 46.4 Å². The summed E-state index contributed by atoms with van der Waals surface area (Å²) in [6.45, 7) is 3.63.